The first kappa shape index (κ1) is 15.1. The number of piperidine rings is 1. The smallest absolute Gasteiger partial charge is 0.241 e. The van der Waals surface area contributed by atoms with E-state index in [4.69, 9.17) is 15.0 Å². The first-order chi connectivity index (χ1) is 10.8. The van der Waals surface area contributed by atoms with Crippen LogP contribution in [0.5, 0.6) is 0 Å². The van der Waals surface area contributed by atoms with Crippen molar-refractivity contribution in [3.8, 4) is 11.4 Å². The monoisotopic (exact) mass is 302 g/mol. The molecule has 0 radical (unpaired) electrons. The van der Waals surface area contributed by atoms with Gasteiger partial charge in [0.05, 0.1) is 12.6 Å². The molecule has 2 aromatic rings. The fourth-order valence-corrected chi connectivity index (χ4v) is 2.93. The van der Waals surface area contributed by atoms with E-state index in [-0.39, 0.29) is 0 Å². The van der Waals surface area contributed by atoms with Crippen molar-refractivity contribution >= 4 is 0 Å². The highest BCUT2D eigenvalue weighted by Crippen LogP contribution is 2.22. The summed E-state index contributed by atoms with van der Waals surface area (Å²) in [5, 5.41) is 4.07. The van der Waals surface area contributed by atoms with Gasteiger partial charge in [0.15, 0.2) is 0 Å². The quantitative estimate of drug-likeness (QED) is 0.905. The number of nitrogens with zero attached hydrogens (tertiary/aromatic N) is 3. The number of hydrogen-bond acceptors (Lipinski definition) is 6. The molecule has 2 unspecified atom stereocenters. The third kappa shape index (κ3) is 3.35. The summed E-state index contributed by atoms with van der Waals surface area (Å²) >= 11 is 0. The molecule has 1 aliphatic heterocycles. The molecule has 0 spiro atoms. The minimum Gasteiger partial charge on any atom is -0.381 e. The van der Waals surface area contributed by atoms with Crippen LogP contribution in [0.4, 0.5) is 0 Å². The van der Waals surface area contributed by atoms with E-state index in [1.165, 1.54) is 0 Å². The van der Waals surface area contributed by atoms with Crippen LogP contribution in [0.15, 0.2) is 34.9 Å². The van der Waals surface area contributed by atoms with Gasteiger partial charge >= 0.3 is 0 Å². The van der Waals surface area contributed by atoms with E-state index in [9.17, 15) is 0 Å². The van der Waals surface area contributed by atoms with Crippen LogP contribution in [0, 0.1) is 0 Å². The second kappa shape index (κ2) is 7.00. The predicted molar refractivity (Wildman–Crippen MR) is 83.0 cm³/mol. The summed E-state index contributed by atoms with van der Waals surface area (Å²) < 4.78 is 10.8. The summed E-state index contributed by atoms with van der Waals surface area (Å²) in [6, 6.07) is 10.1. The Labute approximate surface area is 130 Å². The second-order valence-electron chi connectivity index (χ2n) is 5.62. The third-order valence-corrected chi connectivity index (χ3v) is 4.23. The van der Waals surface area contributed by atoms with Gasteiger partial charge in [0, 0.05) is 31.8 Å². The Bertz CT molecular complexity index is 587. The molecule has 1 aromatic heterocycles. The van der Waals surface area contributed by atoms with Crippen molar-refractivity contribution in [1.29, 1.82) is 0 Å². The highest BCUT2D eigenvalue weighted by Gasteiger charge is 2.28. The van der Waals surface area contributed by atoms with Crippen molar-refractivity contribution in [2.24, 2.45) is 5.73 Å². The number of benzene rings is 1. The van der Waals surface area contributed by atoms with E-state index < -0.39 is 0 Å². The van der Waals surface area contributed by atoms with Crippen LogP contribution in [0.25, 0.3) is 11.4 Å². The Morgan fingerprint density at radius 2 is 2.18 bits per heavy atom. The molecule has 22 heavy (non-hydrogen) atoms. The van der Waals surface area contributed by atoms with E-state index in [1.807, 2.05) is 30.3 Å². The molecule has 6 nitrogen and oxygen atoms in total. The van der Waals surface area contributed by atoms with Gasteiger partial charge in [-0.15, -0.1) is 0 Å². The van der Waals surface area contributed by atoms with Gasteiger partial charge in [-0.3, -0.25) is 4.90 Å². The molecule has 6 heteroatoms. The Morgan fingerprint density at radius 1 is 1.36 bits per heavy atom. The zero-order chi connectivity index (χ0) is 15.4. The lowest BCUT2D eigenvalue weighted by molar-refractivity contribution is 0.00676. The van der Waals surface area contributed by atoms with Crippen molar-refractivity contribution in [3.05, 3.63) is 36.2 Å². The third-order valence-electron chi connectivity index (χ3n) is 4.23. The van der Waals surface area contributed by atoms with Crippen molar-refractivity contribution in [2.45, 2.75) is 31.5 Å². The molecule has 3 rings (SSSR count). The molecule has 2 heterocycles. The molecule has 2 N–H and O–H groups in total. The molecule has 2 atom stereocenters. The Hall–Kier alpha value is -1.76. The van der Waals surface area contributed by atoms with Gasteiger partial charge in [-0.1, -0.05) is 35.5 Å². The van der Waals surface area contributed by atoms with Gasteiger partial charge < -0.3 is 15.0 Å². The van der Waals surface area contributed by atoms with Crippen molar-refractivity contribution in [3.63, 3.8) is 0 Å². The summed E-state index contributed by atoms with van der Waals surface area (Å²) in [7, 11) is 1.76. The van der Waals surface area contributed by atoms with E-state index in [0.717, 1.165) is 24.9 Å². The molecule has 0 bridgehead atoms. The topological polar surface area (TPSA) is 77.4 Å². The largest absolute Gasteiger partial charge is 0.381 e. The lowest BCUT2D eigenvalue weighted by Crippen LogP contribution is -2.48. The van der Waals surface area contributed by atoms with Gasteiger partial charge in [0.1, 0.15) is 0 Å². The standard InChI is InChI=1S/C16H22N4O2/c1-21-14-7-8-20(13(9-14)10-17)11-15-18-16(19-22-15)12-5-3-2-4-6-12/h2-6,13-14H,7-11,17H2,1H3. The SMILES string of the molecule is COC1CCN(Cc2nc(-c3ccccc3)no2)C(CN)C1. The number of methoxy groups -OCH3 is 1. The summed E-state index contributed by atoms with van der Waals surface area (Å²) in [6.07, 6.45) is 2.26. The van der Waals surface area contributed by atoms with Crippen LogP contribution in [0.3, 0.4) is 0 Å². The van der Waals surface area contributed by atoms with Crippen LogP contribution < -0.4 is 5.73 Å². The number of ether oxygens (including phenoxy) is 1. The minimum atomic E-state index is 0.297. The van der Waals surface area contributed by atoms with Crippen LogP contribution in [-0.4, -0.2) is 47.4 Å². The molecule has 1 fully saturated rings. The Kier molecular flexibility index (Phi) is 4.82. The van der Waals surface area contributed by atoms with Gasteiger partial charge in [0.2, 0.25) is 11.7 Å². The number of hydrogen-bond donors (Lipinski definition) is 1. The van der Waals surface area contributed by atoms with E-state index in [0.29, 0.717) is 37.0 Å². The summed E-state index contributed by atoms with van der Waals surface area (Å²) in [5.41, 5.74) is 6.86. The summed E-state index contributed by atoms with van der Waals surface area (Å²) in [4.78, 5) is 6.79. The molecule has 0 aliphatic carbocycles. The highest BCUT2D eigenvalue weighted by atomic mass is 16.5. The maximum atomic E-state index is 5.90. The van der Waals surface area contributed by atoms with Crippen LogP contribution in [-0.2, 0) is 11.3 Å². The number of aromatic nitrogens is 2. The first-order valence-electron chi connectivity index (χ1n) is 7.65. The second-order valence-corrected chi connectivity index (χ2v) is 5.62. The fraction of sp³-hybridized carbons (Fsp3) is 0.500. The fourth-order valence-electron chi connectivity index (χ4n) is 2.93. The van der Waals surface area contributed by atoms with Gasteiger partial charge in [0.25, 0.3) is 0 Å². The number of nitrogens with two attached hydrogens (primary N) is 1. The number of rotatable bonds is 5. The van der Waals surface area contributed by atoms with Crippen LogP contribution >= 0.6 is 0 Å². The molecule has 1 aliphatic rings. The maximum Gasteiger partial charge on any atom is 0.241 e. The Morgan fingerprint density at radius 3 is 2.91 bits per heavy atom. The van der Waals surface area contributed by atoms with E-state index in [1.54, 1.807) is 7.11 Å². The molecular formula is C16H22N4O2. The zero-order valence-corrected chi connectivity index (χ0v) is 12.8. The molecule has 0 saturated carbocycles. The summed E-state index contributed by atoms with van der Waals surface area (Å²) in [5.74, 6) is 1.26. The lowest BCUT2D eigenvalue weighted by atomic mass is 9.99. The molecule has 0 amide bonds. The number of likely N-dealkylation sites (tertiary alicyclic amines) is 1. The van der Waals surface area contributed by atoms with E-state index in [2.05, 4.69) is 15.0 Å². The van der Waals surface area contributed by atoms with Gasteiger partial charge in [-0.2, -0.15) is 4.98 Å². The van der Waals surface area contributed by atoms with Crippen molar-refractivity contribution < 1.29 is 9.26 Å². The first-order valence-corrected chi connectivity index (χ1v) is 7.65. The van der Waals surface area contributed by atoms with Crippen LogP contribution in [0.1, 0.15) is 18.7 Å². The van der Waals surface area contributed by atoms with Crippen LogP contribution in [0.2, 0.25) is 0 Å². The normalized spacial score (nSPS) is 22.8. The van der Waals surface area contributed by atoms with E-state index >= 15 is 0 Å². The molecular weight excluding hydrogens is 280 g/mol. The molecule has 118 valence electrons. The average molecular weight is 302 g/mol. The zero-order valence-electron chi connectivity index (χ0n) is 12.8. The highest BCUT2D eigenvalue weighted by molar-refractivity contribution is 5.53. The predicted octanol–water partition coefficient (Wildman–Crippen LogP) is 1.67. The van der Waals surface area contributed by atoms with Crippen molar-refractivity contribution in [1.82, 2.24) is 15.0 Å². The summed E-state index contributed by atoms with van der Waals surface area (Å²) in [6.45, 7) is 2.18. The Balaban J connectivity index is 1.67. The lowest BCUT2D eigenvalue weighted by Gasteiger charge is -2.37. The van der Waals surface area contributed by atoms with Gasteiger partial charge in [-0.05, 0) is 12.8 Å². The molecule has 1 saturated heterocycles. The maximum absolute atomic E-state index is 5.90. The minimum absolute atomic E-state index is 0.297. The molecule has 1 aromatic carbocycles. The average Bonchev–Trinajstić information content (AvgIpc) is 3.04. The van der Waals surface area contributed by atoms with Gasteiger partial charge in [-0.25, -0.2) is 0 Å². The van der Waals surface area contributed by atoms with Crippen molar-refractivity contribution in [2.75, 3.05) is 20.2 Å².